The second-order valence-electron chi connectivity index (χ2n) is 12.2. The van der Waals surface area contributed by atoms with Crippen molar-refractivity contribution in [1.82, 2.24) is 4.74 Å². The van der Waals surface area contributed by atoms with Crippen molar-refractivity contribution in [2.75, 3.05) is 20.7 Å². The quantitative estimate of drug-likeness (QED) is 0.0619. The maximum absolute atomic E-state index is 13.3. The Labute approximate surface area is 240 Å². The van der Waals surface area contributed by atoms with Gasteiger partial charge in [0, 0.05) is 18.5 Å². The molecule has 0 bridgehead atoms. The van der Waals surface area contributed by atoms with Crippen molar-refractivity contribution in [2.24, 2.45) is 0 Å². The van der Waals surface area contributed by atoms with Crippen molar-refractivity contribution >= 4 is 10.0 Å². The van der Waals surface area contributed by atoms with E-state index in [-0.39, 0.29) is 29.8 Å². The molecule has 2 fully saturated rings. The molecule has 2 heterocycles. The Morgan fingerprint density at radius 2 is 1.55 bits per heavy atom. The third kappa shape index (κ3) is 6.67. The fourth-order valence-corrected chi connectivity index (χ4v) is 9.69. The molecule has 1 saturated carbocycles. The summed E-state index contributed by atoms with van der Waals surface area (Å²) in [6.07, 6.45) is 17.7. The Morgan fingerprint density at radius 3 is 2.05 bits per heavy atom. The van der Waals surface area contributed by atoms with Crippen molar-refractivity contribution in [1.29, 1.82) is 0 Å². The standard InChI is InChI=1S/C29H52N3O7S/c1-5-6-7-8-9-10-11-12-13-14-15-16-17-18-21-32(3)29(40(32,36)37)20-19-26(27(22-29)31(34)35)30-28(33)25(23-38-4)24(2)39-30/h26-27H,5-23H2,1-4H3/q+1. The zero-order valence-electron chi connectivity index (χ0n) is 25.2. The van der Waals surface area contributed by atoms with E-state index in [1.165, 1.54) is 77.7 Å². The number of ether oxygens (including phenoxy) is 1. The molecular weight excluding hydrogens is 534 g/mol. The number of sulfonamides is 1. The molecule has 2 aliphatic rings. The molecule has 0 N–H and O–H groups in total. The lowest BCUT2D eigenvalue weighted by molar-refractivity contribution is -0.760. The third-order valence-corrected chi connectivity index (χ3v) is 12.7. The van der Waals surface area contributed by atoms with E-state index < -0.39 is 37.5 Å². The zero-order valence-corrected chi connectivity index (χ0v) is 26.0. The van der Waals surface area contributed by atoms with E-state index in [9.17, 15) is 23.3 Å². The molecule has 40 heavy (non-hydrogen) atoms. The first kappa shape index (κ1) is 32.8. The van der Waals surface area contributed by atoms with Gasteiger partial charge >= 0.3 is 10.0 Å². The highest BCUT2D eigenvalue weighted by Gasteiger charge is 2.86. The summed E-state index contributed by atoms with van der Waals surface area (Å²) in [4.78, 5) is 23.4. The predicted octanol–water partition coefficient (Wildman–Crippen LogP) is 6.23. The number of quaternary nitrogens is 1. The van der Waals surface area contributed by atoms with E-state index in [4.69, 9.17) is 9.26 Å². The van der Waals surface area contributed by atoms with Crippen LogP contribution in [0.4, 0.5) is 0 Å². The number of hydrogen-bond donors (Lipinski definition) is 0. The maximum Gasteiger partial charge on any atom is 0.356 e. The highest BCUT2D eigenvalue weighted by Crippen LogP contribution is 2.61. The maximum atomic E-state index is 13.3. The lowest BCUT2D eigenvalue weighted by atomic mass is 9.86. The van der Waals surface area contributed by atoms with Crippen LogP contribution in [-0.2, 0) is 21.4 Å². The van der Waals surface area contributed by atoms with Crippen LogP contribution < -0.4 is 5.56 Å². The number of rotatable bonds is 19. The van der Waals surface area contributed by atoms with E-state index in [2.05, 4.69) is 6.92 Å². The van der Waals surface area contributed by atoms with Crippen LogP contribution >= 0.6 is 0 Å². The Kier molecular flexibility index (Phi) is 11.8. The second kappa shape index (κ2) is 14.4. The molecule has 11 heteroatoms. The molecule has 1 aliphatic carbocycles. The van der Waals surface area contributed by atoms with Crippen LogP contribution in [0.1, 0.15) is 133 Å². The first-order chi connectivity index (χ1) is 19.1. The van der Waals surface area contributed by atoms with Gasteiger partial charge < -0.3 is 9.26 Å². The van der Waals surface area contributed by atoms with Crippen molar-refractivity contribution < 1.29 is 26.5 Å². The fraction of sp³-hybridized carbons (Fsp3) is 0.897. The average molecular weight is 587 g/mol. The topological polar surface area (TPSA) is 122 Å². The molecular formula is C29H52N3O7S+. The number of aromatic nitrogens is 1. The van der Waals surface area contributed by atoms with Gasteiger partial charge in [-0.2, -0.15) is 17.0 Å². The lowest BCUT2D eigenvalue weighted by Crippen LogP contribution is -2.47. The van der Waals surface area contributed by atoms with Gasteiger partial charge in [0.2, 0.25) is 6.04 Å². The number of unbranched alkanes of at least 4 members (excludes halogenated alkanes) is 13. The van der Waals surface area contributed by atoms with E-state index in [0.717, 1.165) is 24.0 Å². The van der Waals surface area contributed by atoms with Crippen LogP contribution in [0.2, 0.25) is 0 Å². The first-order valence-corrected chi connectivity index (χ1v) is 17.0. The van der Waals surface area contributed by atoms with Crippen LogP contribution in [0, 0.1) is 17.0 Å². The van der Waals surface area contributed by atoms with Crippen LogP contribution in [-0.4, -0.2) is 53.6 Å². The third-order valence-electron chi connectivity index (χ3n) is 9.56. The zero-order chi connectivity index (χ0) is 29.4. The van der Waals surface area contributed by atoms with Crippen molar-refractivity contribution in [3.05, 3.63) is 31.8 Å². The Morgan fingerprint density at radius 1 is 1.02 bits per heavy atom. The van der Waals surface area contributed by atoms with Gasteiger partial charge in [-0.15, -0.1) is 0 Å². The summed E-state index contributed by atoms with van der Waals surface area (Å²) in [5.74, 6) is 0.367. The number of methoxy groups -OCH3 is 1. The minimum atomic E-state index is -3.54. The summed E-state index contributed by atoms with van der Waals surface area (Å²) in [7, 11) is -0.353. The molecule has 4 unspecified atom stereocenters. The lowest BCUT2D eigenvalue weighted by Gasteiger charge is -2.28. The molecule has 3 rings (SSSR count). The first-order valence-electron chi connectivity index (χ1n) is 15.5. The summed E-state index contributed by atoms with van der Waals surface area (Å²) in [5.41, 5.74) is -0.104. The molecule has 0 aromatic carbocycles. The van der Waals surface area contributed by atoms with Crippen LogP contribution in [0.25, 0.3) is 0 Å². The van der Waals surface area contributed by atoms with E-state index in [0.29, 0.717) is 17.9 Å². The largest absolute Gasteiger partial charge is 0.380 e. The number of hydrogen-bond acceptors (Lipinski definition) is 7. The van der Waals surface area contributed by atoms with Gasteiger partial charge in [0.1, 0.15) is 11.8 Å². The van der Waals surface area contributed by atoms with Gasteiger partial charge in [0.15, 0.2) is 0 Å². The highest BCUT2D eigenvalue weighted by atomic mass is 32.2. The van der Waals surface area contributed by atoms with Gasteiger partial charge in [0.25, 0.3) is 10.4 Å². The summed E-state index contributed by atoms with van der Waals surface area (Å²) < 4.78 is 38.3. The van der Waals surface area contributed by atoms with Crippen LogP contribution in [0.5, 0.6) is 0 Å². The molecule has 0 radical (unpaired) electrons. The number of aryl methyl sites for hydroxylation is 1. The smallest absolute Gasteiger partial charge is 0.356 e. The Hall–Kier alpha value is -1.72. The number of nitro groups is 1. The SMILES string of the molecule is CCCCCCCCCCCCCCCC[N+]1(C)C2(CCC(n3oc(C)c(COC)c3=O)C([N+](=O)[O-])C2)S1(=O)=O. The van der Waals surface area contributed by atoms with Gasteiger partial charge in [-0.1, -0.05) is 84.0 Å². The molecule has 1 spiro atoms. The Bertz CT molecular complexity index is 1130. The van der Waals surface area contributed by atoms with Crippen LogP contribution in [0.3, 0.4) is 0 Å². The van der Waals surface area contributed by atoms with E-state index in [1.54, 1.807) is 14.0 Å². The predicted molar refractivity (Wildman–Crippen MR) is 155 cm³/mol. The summed E-state index contributed by atoms with van der Waals surface area (Å²) in [5, 5.41) is 12.1. The summed E-state index contributed by atoms with van der Waals surface area (Å²) in [6.45, 7) is 4.42. The second-order valence-corrected chi connectivity index (χ2v) is 14.7. The molecule has 0 amide bonds. The molecule has 1 aromatic rings. The molecule has 1 aliphatic heterocycles. The minimum absolute atomic E-state index is 0.0590. The monoisotopic (exact) mass is 586 g/mol. The van der Waals surface area contributed by atoms with Crippen molar-refractivity contribution in [2.45, 2.75) is 147 Å². The van der Waals surface area contributed by atoms with Gasteiger partial charge in [-0.05, 0) is 26.2 Å². The average Bonchev–Trinajstić information content (AvgIpc) is 3.10. The summed E-state index contributed by atoms with van der Waals surface area (Å²) >= 11 is 0. The Balaban J connectivity index is 1.45. The van der Waals surface area contributed by atoms with E-state index >= 15 is 0 Å². The van der Waals surface area contributed by atoms with Crippen LogP contribution in [0.15, 0.2) is 9.32 Å². The fourth-order valence-electron chi connectivity index (χ4n) is 6.89. The highest BCUT2D eigenvalue weighted by molar-refractivity contribution is 7.92. The molecule has 10 nitrogen and oxygen atoms in total. The molecule has 230 valence electrons. The number of nitrogens with zero attached hydrogens (tertiary/aromatic N) is 3. The minimum Gasteiger partial charge on any atom is -0.380 e. The van der Waals surface area contributed by atoms with Gasteiger partial charge in [-0.25, -0.2) is 0 Å². The van der Waals surface area contributed by atoms with Crippen molar-refractivity contribution in [3.63, 3.8) is 0 Å². The van der Waals surface area contributed by atoms with Gasteiger partial charge in [0.05, 0.1) is 32.2 Å². The molecule has 4 atom stereocenters. The van der Waals surface area contributed by atoms with Crippen molar-refractivity contribution in [3.8, 4) is 0 Å². The summed E-state index contributed by atoms with van der Waals surface area (Å²) in [6, 6.07) is -2.03. The normalized spacial score (nSPS) is 27.3. The van der Waals surface area contributed by atoms with E-state index in [1.807, 2.05) is 0 Å². The molecule has 1 aromatic heterocycles. The van der Waals surface area contributed by atoms with Gasteiger partial charge in [-0.3, -0.25) is 14.9 Å². The molecule has 1 saturated heterocycles.